The third kappa shape index (κ3) is 3.67. The first-order chi connectivity index (χ1) is 16.5. The molecular formula is C30H46O4. The molecule has 0 amide bonds. The molecular weight excluding hydrogens is 424 g/mol. The van der Waals surface area contributed by atoms with Crippen LogP contribution >= 0.6 is 0 Å². The van der Waals surface area contributed by atoms with Crippen LogP contribution in [0.2, 0.25) is 0 Å². The zero-order valence-corrected chi connectivity index (χ0v) is 21.5. The minimum absolute atomic E-state index is 0.440. The Morgan fingerprint density at radius 2 is 0.676 bits per heavy atom. The van der Waals surface area contributed by atoms with Gasteiger partial charge < -0.3 is 18.9 Å². The summed E-state index contributed by atoms with van der Waals surface area (Å²) in [5, 5.41) is 0. The highest BCUT2D eigenvalue weighted by atomic mass is 16.6. The van der Waals surface area contributed by atoms with Gasteiger partial charge in [-0.25, -0.2) is 0 Å². The van der Waals surface area contributed by atoms with Gasteiger partial charge in [0.15, 0.2) is 0 Å². The van der Waals surface area contributed by atoms with Crippen molar-refractivity contribution in [3.8, 4) is 0 Å². The first-order valence-electron chi connectivity index (χ1n) is 15.1. The van der Waals surface area contributed by atoms with E-state index in [1.807, 2.05) is 0 Å². The highest BCUT2D eigenvalue weighted by Crippen LogP contribution is 2.61. The Hall–Kier alpha value is -0.160. The van der Waals surface area contributed by atoms with E-state index in [4.69, 9.17) is 18.9 Å². The largest absolute Gasteiger partial charge is 0.370 e. The lowest BCUT2D eigenvalue weighted by Crippen LogP contribution is -2.44. The molecule has 0 spiro atoms. The van der Waals surface area contributed by atoms with E-state index in [-0.39, 0.29) is 0 Å². The molecule has 0 bridgehead atoms. The summed E-state index contributed by atoms with van der Waals surface area (Å²) in [5.41, 5.74) is 0.880. The van der Waals surface area contributed by atoms with E-state index in [1.54, 1.807) is 0 Å². The maximum absolute atomic E-state index is 6.04. The van der Waals surface area contributed by atoms with Crippen molar-refractivity contribution in [3.63, 3.8) is 0 Å². The molecule has 4 heterocycles. The van der Waals surface area contributed by atoms with Crippen LogP contribution in [0.1, 0.15) is 104 Å². The van der Waals surface area contributed by atoms with Crippen LogP contribution in [-0.4, -0.2) is 48.8 Å². The summed E-state index contributed by atoms with van der Waals surface area (Å²) in [5.74, 6) is 3.35. The fourth-order valence-electron chi connectivity index (χ4n) is 10.0. The predicted octanol–water partition coefficient (Wildman–Crippen LogP) is 6.05. The van der Waals surface area contributed by atoms with Gasteiger partial charge in [-0.1, -0.05) is 13.8 Å². The van der Waals surface area contributed by atoms with Gasteiger partial charge in [0.2, 0.25) is 0 Å². The first kappa shape index (κ1) is 21.9. The molecule has 12 atom stereocenters. The second kappa shape index (κ2) is 7.68. The van der Waals surface area contributed by atoms with Crippen molar-refractivity contribution in [1.82, 2.24) is 0 Å². The number of ether oxygens (including phenoxy) is 4. The summed E-state index contributed by atoms with van der Waals surface area (Å²) in [6.45, 7) is 5.44. The van der Waals surface area contributed by atoms with E-state index >= 15 is 0 Å². The molecule has 0 aromatic heterocycles. The lowest BCUT2D eigenvalue weighted by molar-refractivity contribution is -0.0135. The van der Waals surface area contributed by atoms with Gasteiger partial charge in [-0.3, -0.25) is 0 Å². The Morgan fingerprint density at radius 1 is 0.412 bits per heavy atom. The van der Waals surface area contributed by atoms with E-state index in [0.717, 1.165) is 23.7 Å². The molecule has 0 aromatic carbocycles. The molecule has 0 aromatic rings. The van der Waals surface area contributed by atoms with Gasteiger partial charge in [0.25, 0.3) is 0 Å². The monoisotopic (exact) mass is 470 g/mol. The van der Waals surface area contributed by atoms with Crippen molar-refractivity contribution in [2.75, 3.05) is 0 Å². The van der Waals surface area contributed by atoms with Crippen molar-refractivity contribution in [3.05, 3.63) is 0 Å². The van der Waals surface area contributed by atoms with Crippen molar-refractivity contribution < 1.29 is 18.9 Å². The zero-order chi connectivity index (χ0) is 22.7. The fraction of sp³-hybridized carbons (Fsp3) is 1.00. The van der Waals surface area contributed by atoms with E-state index in [0.29, 0.717) is 59.7 Å². The van der Waals surface area contributed by atoms with Crippen molar-refractivity contribution in [1.29, 1.82) is 0 Å². The Bertz CT molecular complexity index is 690. The third-order valence-corrected chi connectivity index (χ3v) is 12.9. The Balaban J connectivity index is 1.06. The highest BCUT2D eigenvalue weighted by molar-refractivity contribution is 5.06. The van der Waals surface area contributed by atoms with Crippen LogP contribution in [0.4, 0.5) is 0 Å². The van der Waals surface area contributed by atoms with Gasteiger partial charge in [0.1, 0.15) is 0 Å². The molecule has 0 N–H and O–H groups in total. The molecule has 8 fully saturated rings. The van der Waals surface area contributed by atoms with Crippen molar-refractivity contribution >= 4 is 0 Å². The summed E-state index contributed by atoms with van der Waals surface area (Å²) in [6, 6.07) is 0. The van der Waals surface area contributed by atoms with Crippen molar-refractivity contribution in [2.24, 2.45) is 34.5 Å². The number of hydrogen-bond donors (Lipinski definition) is 0. The zero-order valence-electron chi connectivity index (χ0n) is 21.5. The molecule has 0 radical (unpaired) electrons. The lowest BCUT2D eigenvalue weighted by Gasteiger charge is -2.51. The van der Waals surface area contributed by atoms with E-state index < -0.39 is 0 Å². The van der Waals surface area contributed by atoms with Crippen molar-refractivity contribution in [2.45, 2.75) is 153 Å². The van der Waals surface area contributed by atoms with Crippen LogP contribution in [0.5, 0.6) is 0 Å². The Labute approximate surface area is 206 Å². The summed E-state index contributed by atoms with van der Waals surface area (Å²) >= 11 is 0. The standard InChI is InChI=1S/C30H46O4/c1-29(17-3-7-21-25(13-17)31-21,18-4-8-22-26(14-18)32-22)11-12-30(2,19-5-9-23-27(15-19)33-23)20-6-10-24-28(16-20)34-24/h17-28H,3-16H2,1-2H3. The molecule has 34 heavy (non-hydrogen) atoms. The molecule has 4 nitrogen and oxygen atoms in total. The first-order valence-corrected chi connectivity index (χ1v) is 15.1. The second-order valence-electron chi connectivity index (χ2n) is 14.4. The van der Waals surface area contributed by atoms with E-state index in [1.165, 1.54) is 89.9 Å². The van der Waals surface area contributed by atoms with Gasteiger partial charge in [-0.15, -0.1) is 0 Å². The van der Waals surface area contributed by atoms with Gasteiger partial charge in [-0.2, -0.15) is 0 Å². The number of hydrogen-bond acceptors (Lipinski definition) is 4. The molecule has 4 saturated heterocycles. The Morgan fingerprint density at radius 3 is 0.912 bits per heavy atom. The highest BCUT2D eigenvalue weighted by Gasteiger charge is 2.58. The van der Waals surface area contributed by atoms with Crippen LogP contribution in [0, 0.1) is 34.5 Å². The second-order valence-corrected chi connectivity index (χ2v) is 14.4. The molecule has 4 saturated carbocycles. The average Bonchev–Trinajstić information content (AvgIpc) is 3.71. The summed E-state index contributed by atoms with van der Waals surface area (Å²) in [6.07, 6.45) is 23.7. The quantitative estimate of drug-likeness (QED) is 0.425. The minimum atomic E-state index is 0.440. The molecule has 12 unspecified atom stereocenters. The van der Waals surface area contributed by atoms with Gasteiger partial charge in [0.05, 0.1) is 48.8 Å². The number of rotatable bonds is 7. The molecule has 4 heteroatoms. The molecule has 8 rings (SSSR count). The molecule has 4 aliphatic carbocycles. The summed E-state index contributed by atoms with van der Waals surface area (Å²) < 4.78 is 24.1. The lowest BCUT2D eigenvalue weighted by atomic mass is 9.53. The van der Waals surface area contributed by atoms with Gasteiger partial charge >= 0.3 is 0 Å². The molecule has 8 aliphatic rings. The predicted molar refractivity (Wildman–Crippen MR) is 129 cm³/mol. The van der Waals surface area contributed by atoms with E-state index in [2.05, 4.69) is 13.8 Å². The maximum Gasteiger partial charge on any atom is 0.0844 e. The summed E-state index contributed by atoms with van der Waals surface area (Å²) in [4.78, 5) is 0. The normalized spacial score (nSPS) is 55.9. The van der Waals surface area contributed by atoms with Crippen LogP contribution in [0.25, 0.3) is 0 Å². The SMILES string of the molecule is CC(CCC(C)(C1CCC2OC2C1)C1CCC2OC2C1)(C1CCC2OC2C1)C1CCC2OC2C1. The maximum atomic E-state index is 6.04. The van der Waals surface area contributed by atoms with Crippen LogP contribution < -0.4 is 0 Å². The third-order valence-electron chi connectivity index (χ3n) is 12.9. The van der Waals surface area contributed by atoms with Crippen LogP contribution in [-0.2, 0) is 18.9 Å². The topological polar surface area (TPSA) is 50.1 Å². The Kier molecular flexibility index (Phi) is 4.94. The van der Waals surface area contributed by atoms with Crippen LogP contribution in [0.15, 0.2) is 0 Å². The van der Waals surface area contributed by atoms with Gasteiger partial charge in [0, 0.05) is 0 Å². The van der Waals surface area contributed by atoms with E-state index in [9.17, 15) is 0 Å². The molecule has 4 aliphatic heterocycles. The average molecular weight is 471 g/mol. The van der Waals surface area contributed by atoms with Gasteiger partial charge in [-0.05, 0) is 124 Å². The fourth-order valence-corrected chi connectivity index (χ4v) is 10.0. The minimum Gasteiger partial charge on any atom is -0.370 e. The summed E-state index contributed by atoms with van der Waals surface area (Å²) in [7, 11) is 0. The number of fused-ring (bicyclic) bond motifs is 4. The van der Waals surface area contributed by atoms with Crippen LogP contribution in [0.3, 0.4) is 0 Å². The smallest absolute Gasteiger partial charge is 0.0844 e. The molecule has 190 valence electrons. The number of epoxide rings is 4.